The van der Waals surface area contributed by atoms with Gasteiger partial charge in [0.05, 0.1) is 0 Å². The van der Waals surface area contributed by atoms with E-state index in [1.807, 2.05) is 45.0 Å². The number of hydrogen-bond acceptors (Lipinski definition) is 3. The van der Waals surface area contributed by atoms with E-state index >= 15 is 0 Å². The van der Waals surface area contributed by atoms with Crippen LogP contribution in [0.4, 0.5) is 10.6 Å². The number of benzene rings is 1. The SMILES string of the molecule is C=CCSC(=O)n1c([NH3+])c(-c2ccccc2C)c(=O)n1C(C)C. The number of hydrogen-bond donors (Lipinski definition) is 1. The molecule has 0 radical (unpaired) electrons. The minimum Gasteiger partial charge on any atom is -0.308 e. The third kappa shape index (κ3) is 3.18. The van der Waals surface area contributed by atoms with Crippen molar-refractivity contribution in [2.24, 2.45) is 0 Å². The molecule has 1 heterocycles. The highest BCUT2D eigenvalue weighted by Gasteiger charge is 2.28. The van der Waals surface area contributed by atoms with Gasteiger partial charge in [-0.1, -0.05) is 42.1 Å². The van der Waals surface area contributed by atoms with Crippen molar-refractivity contribution in [2.45, 2.75) is 26.8 Å². The van der Waals surface area contributed by atoms with Crippen molar-refractivity contribution in [1.82, 2.24) is 9.36 Å². The lowest BCUT2D eigenvalue weighted by Crippen LogP contribution is -2.45. The van der Waals surface area contributed by atoms with Crippen molar-refractivity contribution in [3.8, 4) is 11.1 Å². The van der Waals surface area contributed by atoms with Gasteiger partial charge >= 0.3 is 5.24 Å². The maximum absolute atomic E-state index is 12.9. The van der Waals surface area contributed by atoms with Crippen LogP contribution in [-0.4, -0.2) is 20.4 Å². The molecule has 0 amide bonds. The van der Waals surface area contributed by atoms with Gasteiger partial charge in [-0.05, 0) is 31.9 Å². The van der Waals surface area contributed by atoms with E-state index in [-0.39, 0.29) is 16.8 Å². The second-order valence-electron chi connectivity index (χ2n) is 5.56. The van der Waals surface area contributed by atoms with Gasteiger partial charge in [-0.2, -0.15) is 4.68 Å². The third-order valence-electron chi connectivity index (χ3n) is 3.58. The zero-order chi connectivity index (χ0) is 17.1. The highest BCUT2D eigenvalue weighted by atomic mass is 32.2. The molecule has 23 heavy (non-hydrogen) atoms. The number of rotatable bonds is 4. The molecule has 0 saturated heterocycles. The van der Waals surface area contributed by atoms with Crippen LogP contribution in [0, 0.1) is 6.92 Å². The Bertz CT molecular complexity index is 803. The van der Waals surface area contributed by atoms with E-state index in [1.54, 1.807) is 6.08 Å². The molecule has 122 valence electrons. The molecule has 2 rings (SSSR count). The first-order valence-electron chi connectivity index (χ1n) is 7.43. The van der Waals surface area contributed by atoms with Crippen LogP contribution in [0.3, 0.4) is 0 Å². The standard InChI is InChI=1S/C17H21N3O2S/c1-5-10-23-17(22)20-15(18)14(16(21)19(20)11(2)3)13-9-7-6-8-12(13)4/h5-9,11H,1,10,18H2,2-4H3/p+1. The zero-order valence-electron chi connectivity index (χ0n) is 13.7. The van der Waals surface area contributed by atoms with Gasteiger partial charge in [-0.25, -0.2) is 4.68 Å². The first kappa shape index (κ1) is 17.3. The fourth-order valence-electron chi connectivity index (χ4n) is 2.54. The van der Waals surface area contributed by atoms with Gasteiger partial charge in [0, 0.05) is 11.8 Å². The van der Waals surface area contributed by atoms with Gasteiger partial charge in [0.25, 0.3) is 5.56 Å². The van der Waals surface area contributed by atoms with E-state index in [4.69, 9.17) is 0 Å². The summed E-state index contributed by atoms with van der Waals surface area (Å²) in [5, 5.41) is -0.222. The molecule has 0 fully saturated rings. The summed E-state index contributed by atoms with van der Waals surface area (Å²) < 4.78 is 2.87. The molecule has 0 bridgehead atoms. The Kier molecular flexibility index (Phi) is 5.28. The Labute approximate surface area is 139 Å². The van der Waals surface area contributed by atoms with E-state index in [2.05, 4.69) is 12.3 Å². The molecular weight excluding hydrogens is 310 g/mol. The Morgan fingerprint density at radius 3 is 2.61 bits per heavy atom. The van der Waals surface area contributed by atoms with Gasteiger partial charge in [0.2, 0.25) is 5.82 Å². The number of aryl methyl sites for hydroxylation is 1. The summed E-state index contributed by atoms with van der Waals surface area (Å²) >= 11 is 1.10. The van der Waals surface area contributed by atoms with E-state index in [9.17, 15) is 9.59 Å². The largest absolute Gasteiger partial charge is 0.309 e. The van der Waals surface area contributed by atoms with E-state index in [0.29, 0.717) is 17.1 Å². The average molecular weight is 332 g/mol. The molecule has 5 nitrogen and oxygen atoms in total. The Hall–Kier alpha value is -2.05. The van der Waals surface area contributed by atoms with Crippen molar-refractivity contribution < 1.29 is 10.5 Å². The summed E-state index contributed by atoms with van der Waals surface area (Å²) in [6, 6.07) is 7.49. The van der Waals surface area contributed by atoms with Gasteiger partial charge in [-0.3, -0.25) is 9.59 Å². The number of aromatic nitrogens is 2. The predicted octanol–water partition coefficient (Wildman–Crippen LogP) is 2.97. The number of thioether (sulfide) groups is 1. The number of quaternary nitrogens is 1. The van der Waals surface area contributed by atoms with Gasteiger partial charge in [0.15, 0.2) is 0 Å². The van der Waals surface area contributed by atoms with Crippen molar-refractivity contribution in [2.75, 3.05) is 5.75 Å². The molecule has 0 unspecified atom stereocenters. The summed E-state index contributed by atoms with van der Waals surface area (Å²) in [7, 11) is 0. The second-order valence-corrected chi connectivity index (χ2v) is 6.53. The van der Waals surface area contributed by atoms with Gasteiger partial charge in [-0.15, -0.1) is 6.58 Å². The Morgan fingerprint density at radius 1 is 1.39 bits per heavy atom. The summed E-state index contributed by atoms with van der Waals surface area (Å²) in [4.78, 5) is 25.4. The lowest BCUT2D eigenvalue weighted by molar-refractivity contribution is -0.262. The van der Waals surface area contributed by atoms with Crippen LogP contribution in [0.25, 0.3) is 11.1 Å². The minimum absolute atomic E-state index is 0.144. The lowest BCUT2D eigenvalue weighted by Gasteiger charge is -2.12. The Morgan fingerprint density at radius 2 is 2.04 bits per heavy atom. The molecule has 0 atom stereocenters. The van der Waals surface area contributed by atoms with Crippen LogP contribution < -0.4 is 11.3 Å². The highest BCUT2D eigenvalue weighted by molar-refractivity contribution is 8.13. The monoisotopic (exact) mass is 332 g/mol. The smallest absolute Gasteiger partial charge is 0.308 e. The predicted molar refractivity (Wildman–Crippen MR) is 95.2 cm³/mol. The van der Waals surface area contributed by atoms with Crippen molar-refractivity contribution >= 4 is 22.8 Å². The molecule has 1 aromatic carbocycles. The van der Waals surface area contributed by atoms with Crippen molar-refractivity contribution in [1.29, 1.82) is 0 Å². The van der Waals surface area contributed by atoms with Crippen molar-refractivity contribution in [3.63, 3.8) is 0 Å². The fraction of sp³-hybridized carbons (Fsp3) is 0.294. The first-order chi connectivity index (χ1) is 10.9. The van der Waals surface area contributed by atoms with Crippen LogP contribution in [0.5, 0.6) is 0 Å². The van der Waals surface area contributed by atoms with Crippen LogP contribution in [0.2, 0.25) is 0 Å². The minimum atomic E-state index is -0.222. The maximum Gasteiger partial charge on any atom is 0.309 e. The fourth-order valence-corrected chi connectivity index (χ4v) is 3.12. The van der Waals surface area contributed by atoms with E-state index < -0.39 is 0 Å². The lowest BCUT2D eigenvalue weighted by atomic mass is 10.0. The molecule has 0 aliphatic heterocycles. The van der Waals surface area contributed by atoms with Gasteiger partial charge in [0.1, 0.15) is 5.56 Å². The van der Waals surface area contributed by atoms with Crippen LogP contribution in [0.15, 0.2) is 41.7 Å². The van der Waals surface area contributed by atoms with Crippen LogP contribution in [0.1, 0.15) is 25.5 Å². The molecule has 2 aromatic rings. The zero-order valence-corrected chi connectivity index (χ0v) is 14.5. The number of carbonyl (C=O) groups excluding carboxylic acids is 1. The second kappa shape index (κ2) is 7.02. The van der Waals surface area contributed by atoms with Gasteiger partial charge < -0.3 is 5.73 Å². The van der Waals surface area contributed by atoms with Crippen molar-refractivity contribution in [3.05, 3.63) is 52.8 Å². The van der Waals surface area contributed by atoms with E-state index in [0.717, 1.165) is 22.9 Å². The molecule has 1 aromatic heterocycles. The van der Waals surface area contributed by atoms with Crippen LogP contribution >= 0.6 is 11.8 Å². The summed E-state index contributed by atoms with van der Waals surface area (Å²) in [6.45, 7) is 9.32. The first-order valence-corrected chi connectivity index (χ1v) is 8.42. The summed E-state index contributed by atoms with van der Waals surface area (Å²) in [5.41, 5.74) is 6.11. The molecule has 6 heteroatoms. The molecule has 0 aliphatic carbocycles. The maximum atomic E-state index is 12.9. The van der Waals surface area contributed by atoms with E-state index in [1.165, 1.54) is 9.36 Å². The number of nitrogens with zero attached hydrogens (tertiary/aromatic N) is 2. The molecule has 0 spiro atoms. The third-order valence-corrected chi connectivity index (χ3v) is 4.41. The molecule has 3 N–H and O–H groups in total. The molecule has 0 saturated carbocycles. The van der Waals surface area contributed by atoms with Crippen LogP contribution in [-0.2, 0) is 0 Å². The highest BCUT2D eigenvalue weighted by Crippen LogP contribution is 2.27. The average Bonchev–Trinajstić information content (AvgIpc) is 2.77. The normalized spacial score (nSPS) is 11.0. The molecular formula is C17H22N3O2S+. The number of carbonyl (C=O) groups is 1. The Balaban J connectivity index is 2.72. The summed E-state index contributed by atoms with van der Waals surface area (Å²) in [5.74, 6) is 0.919. The summed E-state index contributed by atoms with van der Waals surface area (Å²) in [6.07, 6.45) is 1.66. The molecule has 0 aliphatic rings. The topological polar surface area (TPSA) is 71.6 Å². The quantitative estimate of drug-likeness (QED) is 0.875.